The summed E-state index contributed by atoms with van der Waals surface area (Å²) in [5.41, 5.74) is 4.07. The Labute approximate surface area is 141 Å². The number of rotatable bonds is 6. The molecule has 0 fully saturated rings. The third-order valence-electron chi connectivity index (χ3n) is 4.10. The molecule has 2 aromatic rings. The monoisotopic (exact) mass is 311 g/mol. The second kappa shape index (κ2) is 7.54. The number of nitrogens with zero attached hydrogens (tertiary/aromatic N) is 1. The van der Waals surface area contributed by atoms with Gasteiger partial charge in [0, 0.05) is 12.2 Å². The molecule has 0 aliphatic rings. The zero-order valence-electron chi connectivity index (χ0n) is 15.1. The fourth-order valence-electron chi connectivity index (χ4n) is 2.62. The van der Waals surface area contributed by atoms with Crippen molar-refractivity contribution in [3.63, 3.8) is 0 Å². The minimum Gasteiger partial charge on any atom is -0.492 e. The molecule has 0 N–H and O–H groups in total. The van der Waals surface area contributed by atoms with Gasteiger partial charge >= 0.3 is 0 Å². The smallest absolute Gasteiger partial charge is 0.119 e. The van der Waals surface area contributed by atoms with Crippen LogP contribution in [0.2, 0.25) is 0 Å². The second-order valence-corrected chi connectivity index (χ2v) is 7.04. The Hall–Kier alpha value is -1.96. The molecule has 0 saturated carbocycles. The van der Waals surface area contributed by atoms with Crippen molar-refractivity contribution in [3.05, 3.63) is 59.7 Å². The molecular weight excluding hydrogens is 282 g/mol. The SMILES string of the molecule is CCN(CCOc1ccc(C(C)(C)C)cc1)c1cccc(C)c1. The molecule has 23 heavy (non-hydrogen) atoms. The maximum atomic E-state index is 5.92. The maximum Gasteiger partial charge on any atom is 0.119 e. The minimum atomic E-state index is 0.183. The molecule has 0 radical (unpaired) electrons. The molecule has 0 aliphatic heterocycles. The Morgan fingerprint density at radius 1 is 1.00 bits per heavy atom. The average molecular weight is 311 g/mol. The van der Waals surface area contributed by atoms with Gasteiger partial charge in [-0.1, -0.05) is 45.0 Å². The Kier molecular flexibility index (Phi) is 5.70. The third kappa shape index (κ3) is 5.02. The first kappa shape index (κ1) is 17.4. The van der Waals surface area contributed by atoms with Crippen LogP contribution in [0.5, 0.6) is 5.75 Å². The van der Waals surface area contributed by atoms with E-state index in [0.29, 0.717) is 6.61 Å². The zero-order valence-corrected chi connectivity index (χ0v) is 15.1. The predicted octanol–water partition coefficient (Wildman–Crippen LogP) is 5.20. The molecule has 0 bridgehead atoms. The van der Waals surface area contributed by atoms with Gasteiger partial charge in [0.15, 0.2) is 0 Å². The Bertz CT molecular complexity index is 610. The van der Waals surface area contributed by atoms with Crippen LogP contribution in [0.1, 0.15) is 38.8 Å². The van der Waals surface area contributed by atoms with Crippen LogP contribution in [0, 0.1) is 6.92 Å². The van der Waals surface area contributed by atoms with Crippen LogP contribution < -0.4 is 9.64 Å². The largest absolute Gasteiger partial charge is 0.492 e. The van der Waals surface area contributed by atoms with Crippen molar-refractivity contribution in [2.45, 2.75) is 40.0 Å². The van der Waals surface area contributed by atoms with E-state index in [9.17, 15) is 0 Å². The van der Waals surface area contributed by atoms with E-state index in [2.05, 4.69) is 88.0 Å². The van der Waals surface area contributed by atoms with Gasteiger partial charge in [-0.05, 0) is 54.7 Å². The van der Waals surface area contributed by atoms with E-state index in [1.54, 1.807) is 0 Å². The summed E-state index contributed by atoms with van der Waals surface area (Å²) in [6, 6.07) is 17.1. The molecule has 0 heterocycles. The van der Waals surface area contributed by atoms with Gasteiger partial charge in [-0.2, -0.15) is 0 Å². The van der Waals surface area contributed by atoms with Crippen molar-refractivity contribution < 1.29 is 4.74 Å². The molecule has 0 aliphatic carbocycles. The summed E-state index contributed by atoms with van der Waals surface area (Å²) in [5, 5.41) is 0. The van der Waals surface area contributed by atoms with Gasteiger partial charge in [0.2, 0.25) is 0 Å². The highest BCUT2D eigenvalue weighted by Crippen LogP contribution is 2.24. The van der Waals surface area contributed by atoms with Crippen molar-refractivity contribution in [1.82, 2.24) is 0 Å². The van der Waals surface area contributed by atoms with Crippen molar-refractivity contribution >= 4 is 5.69 Å². The fraction of sp³-hybridized carbons (Fsp3) is 0.429. The van der Waals surface area contributed by atoms with E-state index in [-0.39, 0.29) is 5.41 Å². The molecule has 0 saturated heterocycles. The van der Waals surface area contributed by atoms with E-state index in [1.807, 2.05) is 0 Å². The van der Waals surface area contributed by atoms with Gasteiger partial charge < -0.3 is 9.64 Å². The van der Waals surface area contributed by atoms with Gasteiger partial charge in [-0.25, -0.2) is 0 Å². The van der Waals surface area contributed by atoms with E-state index in [4.69, 9.17) is 4.74 Å². The lowest BCUT2D eigenvalue weighted by Crippen LogP contribution is -2.28. The molecule has 0 amide bonds. The third-order valence-corrected chi connectivity index (χ3v) is 4.10. The Morgan fingerprint density at radius 2 is 1.70 bits per heavy atom. The number of likely N-dealkylation sites (N-methyl/N-ethyl adjacent to an activating group) is 1. The van der Waals surface area contributed by atoms with Crippen molar-refractivity contribution in [1.29, 1.82) is 0 Å². The lowest BCUT2D eigenvalue weighted by atomic mass is 9.87. The summed E-state index contributed by atoms with van der Waals surface area (Å²) in [5.74, 6) is 0.943. The lowest BCUT2D eigenvalue weighted by molar-refractivity contribution is 0.324. The topological polar surface area (TPSA) is 12.5 Å². The molecule has 0 aromatic heterocycles. The summed E-state index contributed by atoms with van der Waals surface area (Å²) in [6.07, 6.45) is 0. The number of aryl methyl sites for hydroxylation is 1. The highest BCUT2D eigenvalue weighted by Gasteiger charge is 2.13. The molecule has 0 unspecified atom stereocenters. The molecule has 2 rings (SSSR count). The molecule has 2 nitrogen and oxygen atoms in total. The van der Waals surface area contributed by atoms with Crippen LogP contribution in [-0.4, -0.2) is 19.7 Å². The Morgan fingerprint density at radius 3 is 2.26 bits per heavy atom. The standard InChI is InChI=1S/C21H29NO/c1-6-22(19-9-7-8-17(2)16-19)14-15-23-20-12-10-18(11-13-20)21(3,4)5/h7-13,16H,6,14-15H2,1-5H3. The summed E-state index contributed by atoms with van der Waals surface area (Å²) in [4.78, 5) is 2.34. The van der Waals surface area contributed by atoms with Gasteiger partial charge in [0.25, 0.3) is 0 Å². The van der Waals surface area contributed by atoms with Crippen molar-refractivity contribution in [2.24, 2.45) is 0 Å². The maximum absolute atomic E-state index is 5.92. The summed E-state index contributed by atoms with van der Waals surface area (Å²) in [6.45, 7) is 13.6. The van der Waals surface area contributed by atoms with Gasteiger partial charge in [-0.3, -0.25) is 0 Å². The van der Waals surface area contributed by atoms with Crippen LogP contribution >= 0.6 is 0 Å². The van der Waals surface area contributed by atoms with E-state index in [1.165, 1.54) is 16.8 Å². The summed E-state index contributed by atoms with van der Waals surface area (Å²) in [7, 11) is 0. The van der Waals surface area contributed by atoms with E-state index in [0.717, 1.165) is 18.8 Å². The number of ether oxygens (including phenoxy) is 1. The molecule has 124 valence electrons. The zero-order chi connectivity index (χ0) is 16.9. The van der Waals surface area contributed by atoms with Crippen LogP contribution in [0.3, 0.4) is 0 Å². The first-order valence-corrected chi connectivity index (χ1v) is 8.45. The number of hydrogen-bond acceptors (Lipinski definition) is 2. The van der Waals surface area contributed by atoms with Crippen molar-refractivity contribution in [3.8, 4) is 5.75 Å². The van der Waals surface area contributed by atoms with E-state index < -0.39 is 0 Å². The quantitative estimate of drug-likeness (QED) is 0.727. The highest BCUT2D eigenvalue weighted by atomic mass is 16.5. The molecule has 2 aromatic carbocycles. The van der Waals surface area contributed by atoms with Crippen molar-refractivity contribution in [2.75, 3.05) is 24.6 Å². The molecule has 2 heteroatoms. The Balaban J connectivity index is 1.90. The molecule has 0 atom stereocenters. The fourth-order valence-corrected chi connectivity index (χ4v) is 2.62. The summed E-state index contributed by atoms with van der Waals surface area (Å²) >= 11 is 0. The number of benzene rings is 2. The average Bonchev–Trinajstić information content (AvgIpc) is 2.51. The van der Waals surface area contributed by atoms with Gasteiger partial charge in [0.05, 0.1) is 6.54 Å². The molecular formula is C21H29NO. The number of hydrogen-bond donors (Lipinski definition) is 0. The van der Waals surface area contributed by atoms with Gasteiger partial charge in [0.1, 0.15) is 12.4 Å². The van der Waals surface area contributed by atoms with Crippen LogP contribution in [-0.2, 0) is 5.41 Å². The highest BCUT2D eigenvalue weighted by molar-refractivity contribution is 5.48. The van der Waals surface area contributed by atoms with Crippen LogP contribution in [0.4, 0.5) is 5.69 Å². The second-order valence-electron chi connectivity index (χ2n) is 7.04. The first-order chi connectivity index (χ1) is 10.9. The van der Waals surface area contributed by atoms with E-state index >= 15 is 0 Å². The normalized spacial score (nSPS) is 11.3. The van der Waals surface area contributed by atoms with Crippen LogP contribution in [0.25, 0.3) is 0 Å². The minimum absolute atomic E-state index is 0.183. The number of anilines is 1. The summed E-state index contributed by atoms with van der Waals surface area (Å²) < 4.78 is 5.92. The lowest BCUT2D eigenvalue weighted by Gasteiger charge is -2.24. The molecule has 0 spiro atoms. The van der Waals surface area contributed by atoms with Gasteiger partial charge in [-0.15, -0.1) is 0 Å². The first-order valence-electron chi connectivity index (χ1n) is 8.45. The van der Waals surface area contributed by atoms with Crippen LogP contribution in [0.15, 0.2) is 48.5 Å². The predicted molar refractivity (Wildman–Crippen MR) is 99.7 cm³/mol.